The topological polar surface area (TPSA) is 36.9 Å². The Morgan fingerprint density at radius 1 is 1.32 bits per heavy atom. The van der Waals surface area contributed by atoms with Crippen molar-refractivity contribution in [3.63, 3.8) is 0 Å². The van der Waals surface area contributed by atoms with Gasteiger partial charge >= 0.3 is 0 Å². The van der Waals surface area contributed by atoms with Crippen molar-refractivity contribution in [3.05, 3.63) is 35.4 Å². The highest BCUT2D eigenvalue weighted by Crippen LogP contribution is 2.38. The molecular formula is C18H27N3O. The molecule has 1 aromatic rings. The number of likely N-dealkylation sites (tertiary alicyclic amines) is 1. The van der Waals surface area contributed by atoms with Gasteiger partial charge in [-0.05, 0) is 32.3 Å². The van der Waals surface area contributed by atoms with E-state index in [0.29, 0.717) is 5.41 Å². The first-order valence-corrected chi connectivity index (χ1v) is 8.37. The Labute approximate surface area is 133 Å². The first-order chi connectivity index (χ1) is 10.7. The first kappa shape index (κ1) is 15.3. The summed E-state index contributed by atoms with van der Waals surface area (Å²) in [6, 6.07) is 8.63. The highest BCUT2D eigenvalue weighted by molar-refractivity contribution is 5.80. The van der Waals surface area contributed by atoms with E-state index in [2.05, 4.69) is 48.3 Å². The largest absolute Gasteiger partial charge is 0.381 e. The molecule has 2 aliphatic rings. The number of ether oxygens (including phenoxy) is 1. The highest BCUT2D eigenvalue weighted by atomic mass is 16.5. The van der Waals surface area contributed by atoms with E-state index in [-0.39, 0.29) is 0 Å². The van der Waals surface area contributed by atoms with E-state index in [9.17, 15) is 0 Å². The molecule has 1 atom stereocenters. The molecule has 0 amide bonds. The number of aliphatic imine (C=N–C) groups is 1. The molecule has 2 fully saturated rings. The van der Waals surface area contributed by atoms with Gasteiger partial charge in [0.05, 0.1) is 13.2 Å². The van der Waals surface area contributed by atoms with Gasteiger partial charge in [0.15, 0.2) is 5.96 Å². The summed E-state index contributed by atoms with van der Waals surface area (Å²) >= 11 is 0. The molecule has 1 N–H and O–H groups in total. The van der Waals surface area contributed by atoms with Crippen molar-refractivity contribution in [1.29, 1.82) is 0 Å². The zero-order valence-corrected chi connectivity index (χ0v) is 13.8. The Morgan fingerprint density at radius 3 is 2.82 bits per heavy atom. The molecule has 0 aromatic heterocycles. The van der Waals surface area contributed by atoms with Gasteiger partial charge in [0.25, 0.3) is 0 Å². The van der Waals surface area contributed by atoms with Crippen LogP contribution < -0.4 is 5.32 Å². The van der Waals surface area contributed by atoms with Crippen molar-refractivity contribution >= 4 is 5.96 Å². The van der Waals surface area contributed by atoms with Crippen LogP contribution in [0.3, 0.4) is 0 Å². The summed E-state index contributed by atoms with van der Waals surface area (Å²) in [5.41, 5.74) is 2.93. The lowest BCUT2D eigenvalue weighted by molar-refractivity contribution is 0.156. The molecule has 1 spiro atoms. The van der Waals surface area contributed by atoms with E-state index < -0.39 is 0 Å². The van der Waals surface area contributed by atoms with Gasteiger partial charge in [0, 0.05) is 31.7 Å². The lowest BCUT2D eigenvalue weighted by Gasteiger charge is -2.25. The lowest BCUT2D eigenvalue weighted by atomic mass is 9.87. The average Bonchev–Trinajstić information content (AvgIpc) is 3.16. The van der Waals surface area contributed by atoms with Crippen LogP contribution in [0.5, 0.6) is 0 Å². The van der Waals surface area contributed by atoms with E-state index in [1.54, 1.807) is 0 Å². The van der Waals surface area contributed by atoms with Gasteiger partial charge in [-0.25, -0.2) is 4.99 Å². The van der Waals surface area contributed by atoms with Crippen LogP contribution in [-0.4, -0.2) is 43.7 Å². The molecule has 2 aliphatic heterocycles. The molecule has 0 saturated carbocycles. The first-order valence-electron chi connectivity index (χ1n) is 8.37. The second kappa shape index (κ2) is 6.69. The van der Waals surface area contributed by atoms with Crippen LogP contribution in [0.4, 0.5) is 0 Å². The second-order valence-electron chi connectivity index (χ2n) is 6.63. The summed E-state index contributed by atoms with van der Waals surface area (Å²) in [5, 5.41) is 3.45. The molecule has 4 nitrogen and oxygen atoms in total. The smallest absolute Gasteiger partial charge is 0.194 e. The number of guanidine groups is 1. The summed E-state index contributed by atoms with van der Waals surface area (Å²) < 4.78 is 5.62. The van der Waals surface area contributed by atoms with E-state index in [0.717, 1.165) is 45.4 Å². The van der Waals surface area contributed by atoms with Gasteiger partial charge in [-0.15, -0.1) is 0 Å². The maximum atomic E-state index is 5.62. The molecule has 1 aromatic carbocycles. The minimum absolute atomic E-state index is 0.375. The minimum Gasteiger partial charge on any atom is -0.381 e. The molecule has 3 rings (SSSR count). The van der Waals surface area contributed by atoms with E-state index >= 15 is 0 Å². The van der Waals surface area contributed by atoms with Crippen LogP contribution in [0.2, 0.25) is 0 Å². The Morgan fingerprint density at radius 2 is 2.14 bits per heavy atom. The molecule has 2 saturated heterocycles. The summed E-state index contributed by atoms with van der Waals surface area (Å²) in [4.78, 5) is 7.25. The number of rotatable bonds is 3. The van der Waals surface area contributed by atoms with Gasteiger partial charge < -0.3 is 15.0 Å². The van der Waals surface area contributed by atoms with Crippen molar-refractivity contribution in [2.75, 3.05) is 32.8 Å². The van der Waals surface area contributed by atoms with Gasteiger partial charge in [-0.2, -0.15) is 0 Å². The number of hydrogen-bond acceptors (Lipinski definition) is 2. The predicted molar refractivity (Wildman–Crippen MR) is 90.1 cm³/mol. The van der Waals surface area contributed by atoms with Crippen LogP contribution in [0.25, 0.3) is 0 Å². The van der Waals surface area contributed by atoms with Crippen molar-refractivity contribution in [1.82, 2.24) is 10.2 Å². The zero-order valence-electron chi connectivity index (χ0n) is 13.8. The molecule has 2 heterocycles. The summed E-state index contributed by atoms with van der Waals surface area (Å²) in [7, 11) is 0. The lowest BCUT2D eigenvalue weighted by Crippen LogP contribution is -2.41. The minimum atomic E-state index is 0.375. The standard InChI is InChI=1S/C18H27N3O/c1-3-19-17(20-12-16-6-4-15(2)5-7-16)21-10-8-18(13-21)9-11-22-14-18/h4-7H,3,8-14H2,1-2H3,(H,19,20). The maximum absolute atomic E-state index is 5.62. The fourth-order valence-corrected chi connectivity index (χ4v) is 3.37. The molecule has 0 radical (unpaired) electrons. The van der Waals surface area contributed by atoms with Crippen LogP contribution in [0.15, 0.2) is 29.3 Å². The van der Waals surface area contributed by atoms with Gasteiger partial charge in [-0.3, -0.25) is 0 Å². The fourth-order valence-electron chi connectivity index (χ4n) is 3.37. The van der Waals surface area contributed by atoms with Crippen molar-refractivity contribution in [2.24, 2.45) is 10.4 Å². The number of benzene rings is 1. The summed E-state index contributed by atoms with van der Waals surface area (Å²) in [6.45, 7) is 9.90. The molecule has 22 heavy (non-hydrogen) atoms. The van der Waals surface area contributed by atoms with E-state index in [4.69, 9.17) is 9.73 Å². The van der Waals surface area contributed by atoms with Crippen LogP contribution in [0.1, 0.15) is 30.9 Å². The Bertz CT molecular complexity index is 518. The predicted octanol–water partition coefficient (Wildman–Crippen LogP) is 2.57. The third-order valence-electron chi connectivity index (χ3n) is 4.79. The second-order valence-corrected chi connectivity index (χ2v) is 6.63. The van der Waals surface area contributed by atoms with Crippen molar-refractivity contribution in [2.45, 2.75) is 33.2 Å². The van der Waals surface area contributed by atoms with Gasteiger partial charge in [0.1, 0.15) is 0 Å². The molecule has 120 valence electrons. The average molecular weight is 301 g/mol. The van der Waals surface area contributed by atoms with Crippen LogP contribution in [-0.2, 0) is 11.3 Å². The number of nitrogens with zero attached hydrogens (tertiary/aromatic N) is 2. The Hall–Kier alpha value is -1.55. The van der Waals surface area contributed by atoms with E-state index in [1.165, 1.54) is 24.0 Å². The molecule has 4 heteroatoms. The number of nitrogens with one attached hydrogen (secondary N) is 1. The van der Waals surface area contributed by atoms with E-state index in [1.807, 2.05) is 0 Å². The Kier molecular flexibility index (Phi) is 4.67. The SMILES string of the molecule is CCNC(=NCc1ccc(C)cc1)N1CCC2(CCOC2)C1. The molecule has 1 unspecified atom stereocenters. The third kappa shape index (κ3) is 3.43. The monoisotopic (exact) mass is 301 g/mol. The fraction of sp³-hybridized carbons (Fsp3) is 0.611. The maximum Gasteiger partial charge on any atom is 0.194 e. The molecular weight excluding hydrogens is 274 g/mol. The van der Waals surface area contributed by atoms with Crippen LogP contribution in [0, 0.1) is 12.3 Å². The highest BCUT2D eigenvalue weighted by Gasteiger charge is 2.42. The zero-order chi connectivity index (χ0) is 15.4. The van der Waals surface area contributed by atoms with Crippen LogP contribution >= 0.6 is 0 Å². The van der Waals surface area contributed by atoms with Crippen molar-refractivity contribution in [3.8, 4) is 0 Å². The number of hydrogen-bond donors (Lipinski definition) is 1. The molecule has 0 aliphatic carbocycles. The summed E-state index contributed by atoms with van der Waals surface area (Å²) in [6.07, 6.45) is 2.42. The summed E-state index contributed by atoms with van der Waals surface area (Å²) in [5.74, 6) is 1.05. The molecule has 0 bridgehead atoms. The quantitative estimate of drug-likeness (QED) is 0.688. The Balaban J connectivity index is 1.67. The van der Waals surface area contributed by atoms with Gasteiger partial charge in [0.2, 0.25) is 0 Å². The normalized spacial score (nSPS) is 25.2. The van der Waals surface area contributed by atoms with Gasteiger partial charge in [-0.1, -0.05) is 29.8 Å². The number of aryl methyl sites for hydroxylation is 1. The third-order valence-corrected chi connectivity index (χ3v) is 4.79. The van der Waals surface area contributed by atoms with Crippen molar-refractivity contribution < 1.29 is 4.74 Å².